The van der Waals surface area contributed by atoms with Gasteiger partial charge in [0.25, 0.3) is 0 Å². The van der Waals surface area contributed by atoms with Gasteiger partial charge in [-0.25, -0.2) is 0 Å². The summed E-state index contributed by atoms with van der Waals surface area (Å²) < 4.78 is 0. The summed E-state index contributed by atoms with van der Waals surface area (Å²) in [4.78, 5) is 26.7. The zero-order valence-electron chi connectivity index (χ0n) is 14.3. The number of benzene rings is 2. The van der Waals surface area contributed by atoms with Crippen molar-refractivity contribution in [2.24, 2.45) is 0 Å². The van der Waals surface area contributed by atoms with Gasteiger partial charge in [-0.05, 0) is 54.1 Å². The van der Waals surface area contributed by atoms with E-state index in [4.69, 9.17) is 0 Å². The van der Waals surface area contributed by atoms with Crippen molar-refractivity contribution >= 4 is 41.0 Å². The summed E-state index contributed by atoms with van der Waals surface area (Å²) in [6.45, 7) is 2.26. The predicted molar refractivity (Wildman–Crippen MR) is 104 cm³/mol. The Labute approximate surface area is 151 Å². The SMILES string of the molecule is CSc1ccc(/C=C/C(=O)Nc2ccc3c(c2)N(C(C)=O)CC3)cc1. The molecule has 3 rings (SSSR count). The summed E-state index contributed by atoms with van der Waals surface area (Å²) in [5.74, 6) is -0.169. The van der Waals surface area contributed by atoms with E-state index in [1.54, 1.807) is 29.7 Å². The van der Waals surface area contributed by atoms with Crippen LogP contribution in [0.3, 0.4) is 0 Å². The Morgan fingerprint density at radius 1 is 1.16 bits per heavy atom. The number of amides is 2. The first-order chi connectivity index (χ1) is 12.1. The molecule has 2 aromatic rings. The minimum absolute atomic E-state index is 0.0239. The molecule has 0 fully saturated rings. The maximum atomic E-state index is 12.1. The molecule has 0 saturated carbocycles. The van der Waals surface area contributed by atoms with Crippen molar-refractivity contribution in [3.05, 3.63) is 59.7 Å². The average molecular weight is 352 g/mol. The highest BCUT2D eigenvalue weighted by molar-refractivity contribution is 7.98. The summed E-state index contributed by atoms with van der Waals surface area (Å²) in [6, 6.07) is 13.7. The van der Waals surface area contributed by atoms with Crippen LogP contribution in [-0.4, -0.2) is 24.6 Å². The van der Waals surface area contributed by atoms with E-state index in [0.29, 0.717) is 12.2 Å². The first-order valence-corrected chi connectivity index (χ1v) is 9.33. The summed E-state index contributed by atoms with van der Waals surface area (Å²) in [7, 11) is 0. The molecule has 0 unspecified atom stereocenters. The Morgan fingerprint density at radius 2 is 1.92 bits per heavy atom. The molecule has 1 aliphatic rings. The molecule has 0 saturated heterocycles. The highest BCUT2D eigenvalue weighted by atomic mass is 32.2. The zero-order chi connectivity index (χ0) is 17.8. The fourth-order valence-corrected chi connectivity index (χ4v) is 3.26. The standard InChI is InChI=1S/C20H20N2O2S/c1-14(23)22-12-11-16-6-7-17(13-19(16)22)21-20(24)10-5-15-3-8-18(25-2)9-4-15/h3-10,13H,11-12H2,1-2H3,(H,21,24)/b10-5+. The molecule has 0 atom stereocenters. The maximum absolute atomic E-state index is 12.1. The molecule has 0 aromatic heterocycles. The van der Waals surface area contributed by atoms with E-state index < -0.39 is 0 Å². The van der Waals surface area contributed by atoms with Gasteiger partial charge in [0.15, 0.2) is 0 Å². The van der Waals surface area contributed by atoms with Crippen LogP contribution in [0.1, 0.15) is 18.1 Å². The molecule has 128 valence electrons. The number of anilines is 2. The zero-order valence-corrected chi connectivity index (χ0v) is 15.1. The van der Waals surface area contributed by atoms with Gasteiger partial charge in [-0.3, -0.25) is 9.59 Å². The van der Waals surface area contributed by atoms with Crippen LogP contribution in [0.4, 0.5) is 11.4 Å². The van der Waals surface area contributed by atoms with Crippen LogP contribution in [0.5, 0.6) is 0 Å². The molecular weight excluding hydrogens is 332 g/mol. The Kier molecular flexibility index (Phi) is 5.24. The second-order valence-electron chi connectivity index (χ2n) is 5.86. The monoisotopic (exact) mass is 352 g/mol. The number of rotatable bonds is 4. The summed E-state index contributed by atoms with van der Waals surface area (Å²) in [6.07, 6.45) is 6.19. The third-order valence-electron chi connectivity index (χ3n) is 4.17. The van der Waals surface area contributed by atoms with E-state index in [9.17, 15) is 9.59 Å². The summed E-state index contributed by atoms with van der Waals surface area (Å²) in [5, 5.41) is 2.86. The van der Waals surface area contributed by atoms with E-state index >= 15 is 0 Å². The van der Waals surface area contributed by atoms with Crippen molar-refractivity contribution < 1.29 is 9.59 Å². The molecule has 1 N–H and O–H groups in total. The van der Waals surface area contributed by atoms with Crippen molar-refractivity contribution in [2.75, 3.05) is 23.0 Å². The average Bonchev–Trinajstić information content (AvgIpc) is 3.04. The summed E-state index contributed by atoms with van der Waals surface area (Å²) >= 11 is 1.68. The molecule has 4 nitrogen and oxygen atoms in total. The molecule has 0 spiro atoms. The Balaban J connectivity index is 1.68. The number of carbonyl (C=O) groups is 2. The van der Waals surface area contributed by atoms with Crippen molar-refractivity contribution in [3.8, 4) is 0 Å². The molecule has 2 aromatic carbocycles. The van der Waals surface area contributed by atoms with Crippen LogP contribution in [0.2, 0.25) is 0 Å². The van der Waals surface area contributed by atoms with E-state index in [0.717, 1.165) is 23.2 Å². The first-order valence-electron chi connectivity index (χ1n) is 8.11. The van der Waals surface area contributed by atoms with Gasteiger partial charge in [0, 0.05) is 35.8 Å². The second-order valence-corrected chi connectivity index (χ2v) is 6.74. The fraction of sp³-hybridized carbons (Fsp3) is 0.200. The normalized spacial score (nSPS) is 13.1. The number of hydrogen-bond acceptors (Lipinski definition) is 3. The van der Waals surface area contributed by atoms with Crippen LogP contribution in [0.25, 0.3) is 6.08 Å². The topological polar surface area (TPSA) is 49.4 Å². The Bertz CT molecular complexity index is 828. The molecule has 0 aliphatic carbocycles. The van der Waals surface area contributed by atoms with Gasteiger partial charge in [-0.1, -0.05) is 18.2 Å². The van der Waals surface area contributed by atoms with Crippen molar-refractivity contribution in [2.45, 2.75) is 18.2 Å². The number of thioether (sulfide) groups is 1. The van der Waals surface area contributed by atoms with Crippen LogP contribution >= 0.6 is 11.8 Å². The van der Waals surface area contributed by atoms with Gasteiger partial charge >= 0.3 is 0 Å². The highest BCUT2D eigenvalue weighted by Crippen LogP contribution is 2.30. The number of nitrogens with one attached hydrogen (secondary N) is 1. The van der Waals surface area contributed by atoms with E-state index in [-0.39, 0.29) is 11.8 Å². The van der Waals surface area contributed by atoms with Gasteiger partial charge in [0.1, 0.15) is 0 Å². The van der Waals surface area contributed by atoms with E-state index in [2.05, 4.69) is 5.32 Å². The van der Waals surface area contributed by atoms with Crippen molar-refractivity contribution in [3.63, 3.8) is 0 Å². The fourth-order valence-electron chi connectivity index (χ4n) is 2.85. The third-order valence-corrected chi connectivity index (χ3v) is 4.92. The van der Waals surface area contributed by atoms with Crippen molar-refractivity contribution in [1.82, 2.24) is 0 Å². The number of carbonyl (C=O) groups excluding carboxylic acids is 2. The second kappa shape index (κ2) is 7.57. The van der Waals surface area contributed by atoms with Gasteiger partial charge < -0.3 is 10.2 Å². The van der Waals surface area contributed by atoms with Gasteiger partial charge in [-0.2, -0.15) is 0 Å². The lowest BCUT2D eigenvalue weighted by Gasteiger charge is -2.15. The number of hydrogen-bond donors (Lipinski definition) is 1. The smallest absolute Gasteiger partial charge is 0.248 e. The molecular formula is C20H20N2O2S. The minimum atomic E-state index is -0.193. The largest absolute Gasteiger partial charge is 0.322 e. The number of nitrogens with zero attached hydrogens (tertiary/aromatic N) is 1. The molecule has 1 aliphatic heterocycles. The lowest BCUT2D eigenvalue weighted by molar-refractivity contribution is -0.116. The first kappa shape index (κ1) is 17.3. The molecule has 2 amide bonds. The lowest BCUT2D eigenvalue weighted by Crippen LogP contribution is -2.25. The van der Waals surface area contributed by atoms with Crippen LogP contribution in [0.15, 0.2) is 53.4 Å². The van der Waals surface area contributed by atoms with E-state index in [1.165, 1.54) is 11.0 Å². The number of fused-ring (bicyclic) bond motifs is 1. The molecule has 0 bridgehead atoms. The molecule has 5 heteroatoms. The van der Waals surface area contributed by atoms with Crippen LogP contribution in [-0.2, 0) is 16.0 Å². The predicted octanol–water partition coefficient (Wildman–Crippen LogP) is 3.97. The van der Waals surface area contributed by atoms with Crippen LogP contribution < -0.4 is 10.2 Å². The molecule has 25 heavy (non-hydrogen) atoms. The van der Waals surface area contributed by atoms with Crippen LogP contribution in [0, 0.1) is 0 Å². The highest BCUT2D eigenvalue weighted by Gasteiger charge is 2.22. The maximum Gasteiger partial charge on any atom is 0.248 e. The van der Waals surface area contributed by atoms with Gasteiger partial charge in [-0.15, -0.1) is 11.8 Å². The minimum Gasteiger partial charge on any atom is -0.322 e. The molecule has 1 heterocycles. The molecule has 0 radical (unpaired) electrons. The van der Waals surface area contributed by atoms with Gasteiger partial charge in [0.2, 0.25) is 11.8 Å². The van der Waals surface area contributed by atoms with E-state index in [1.807, 2.05) is 48.7 Å². The van der Waals surface area contributed by atoms with Crippen molar-refractivity contribution in [1.29, 1.82) is 0 Å². The Morgan fingerprint density at radius 3 is 2.60 bits per heavy atom. The van der Waals surface area contributed by atoms with Gasteiger partial charge in [0.05, 0.1) is 0 Å². The Hall–Kier alpha value is -2.53. The summed E-state index contributed by atoms with van der Waals surface area (Å²) in [5.41, 5.74) is 3.70. The third kappa shape index (κ3) is 4.12. The lowest BCUT2D eigenvalue weighted by atomic mass is 10.1. The quantitative estimate of drug-likeness (QED) is 0.669.